The molecule has 2 heterocycles. The first-order valence-electron chi connectivity index (χ1n) is 8.77. The molecular weight excluding hydrogens is 320 g/mol. The predicted octanol–water partition coefficient (Wildman–Crippen LogP) is 2.28. The molecule has 1 aromatic rings. The van der Waals surface area contributed by atoms with Crippen LogP contribution in [-0.2, 0) is 11.3 Å². The minimum Gasteiger partial charge on any atom is -0.376 e. The largest absolute Gasteiger partial charge is 0.376 e. The van der Waals surface area contributed by atoms with E-state index >= 15 is 0 Å². The molecule has 2 aliphatic rings. The van der Waals surface area contributed by atoms with E-state index in [4.69, 9.17) is 17.0 Å². The van der Waals surface area contributed by atoms with Crippen molar-refractivity contribution in [3.05, 3.63) is 35.9 Å². The number of thiocarbonyl (C=S) groups is 1. The molecule has 2 fully saturated rings. The molecule has 1 aromatic carbocycles. The molecule has 0 bridgehead atoms. The summed E-state index contributed by atoms with van der Waals surface area (Å²) < 4.78 is 5.57. The van der Waals surface area contributed by atoms with Gasteiger partial charge in [0.05, 0.1) is 6.10 Å². The van der Waals surface area contributed by atoms with Crippen molar-refractivity contribution in [3.63, 3.8) is 0 Å². The number of piperidine rings is 1. The zero-order chi connectivity index (χ0) is 16.6. The molecule has 5 nitrogen and oxygen atoms in total. The van der Waals surface area contributed by atoms with Crippen molar-refractivity contribution in [2.75, 3.05) is 26.2 Å². The van der Waals surface area contributed by atoms with Crippen LogP contribution in [-0.4, -0.2) is 48.1 Å². The summed E-state index contributed by atoms with van der Waals surface area (Å²) in [7, 11) is 0. The zero-order valence-electron chi connectivity index (χ0n) is 14.0. The van der Waals surface area contributed by atoms with Gasteiger partial charge in [-0.05, 0) is 30.6 Å². The Morgan fingerprint density at radius 1 is 1.25 bits per heavy atom. The Morgan fingerprint density at radius 3 is 2.75 bits per heavy atom. The minimum absolute atomic E-state index is 0.290. The number of ether oxygens (including phenoxy) is 1. The van der Waals surface area contributed by atoms with Crippen molar-refractivity contribution >= 4 is 23.0 Å². The molecule has 3 rings (SSSR count). The van der Waals surface area contributed by atoms with E-state index in [0.717, 1.165) is 58.5 Å². The Bertz CT molecular complexity index is 547. The third kappa shape index (κ3) is 5.54. The lowest BCUT2D eigenvalue weighted by molar-refractivity contribution is 0.114. The molecule has 0 amide bonds. The second-order valence-corrected chi connectivity index (χ2v) is 6.80. The van der Waals surface area contributed by atoms with Crippen molar-refractivity contribution in [1.82, 2.24) is 15.6 Å². The van der Waals surface area contributed by atoms with E-state index in [9.17, 15) is 0 Å². The highest BCUT2D eigenvalue weighted by atomic mass is 32.1. The smallest absolute Gasteiger partial charge is 0.187 e. The summed E-state index contributed by atoms with van der Waals surface area (Å²) in [5.41, 5.74) is 5.54. The van der Waals surface area contributed by atoms with Crippen molar-refractivity contribution < 1.29 is 4.74 Å². The normalized spacial score (nSPS) is 21.5. The molecule has 24 heavy (non-hydrogen) atoms. The number of nitrogens with one attached hydrogen (secondary N) is 2. The molecule has 0 saturated carbocycles. The maximum atomic E-state index is 5.57. The van der Waals surface area contributed by atoms with E-state index in [2.05, 4.69) is 51.1 Å². The van der Waals surface area contributed by atoms with Crippen LogP contribution in [0.1, 0.15) is 31.2 Å². The third-order valence-electron chi connectivity index (χ3n) is 4.51. The highest BCUT2D eigenvalue weighted by Gasteiger charge is 2.16. The summed E-state index contributed by atoms with van der Waals surface area (Å²) in [4.78, 5) is 2.47. The molecule has 0 unspecified atom stereocenters. The van der Waals surface area contributed by atoms with Gasteiger partial charge in [0.1, 0.15) is 0 Å². The van der Waals surface area contributed by atoms with Gasteiger partial charge in [-0.2, -0.15) is 5.10 Å². The molecular formula is C18H26N4OS. The van der Waals surface area contributed by atoms with Crippen LogP contribution in [0.15, 0.2) is 35.4 Å². The fraction of sp³-hybridized carbons (Fsp3) is 0.556. The molecule has 2 N–H and O–H groups in total. The van der Waals surface area contributed by atoms with Gasteiger partial charge in [-0.3, -0.25) is 10.3 Å². The Balaban J connectivity index is 1.34. The van der Waals surface area contributed by atoms with Crippen molar-refractivity contribution in [3.8, 4) is 0 Å². The molecule has 130 valence electrons. The maximum Gasteiger partial charge on any atom is 0.187 e. The average molecular weight is 347 g/mol. The van der Waals surface area contributed by atoms with Gasteiger partial charge in [0.15, 0.2) is 5.11 Å². The van der Waals surface area contributed by atoms with Gasteiger partial charge in [0.2, 0.25) is 0 Å². The first kappa shape index (κ1) is 17.3. The average Bonchev–Trinajstić information content (AvgIpc) is 3.14. The van der Waals surface area contributed by atoms with E-state index in [-0.39, 0.29) is 0 Å². The highest BCUT2D eigenvalue weighted by Crippen LogP contribution is 2.12. The van der Waals surface area contributed by atoms with Gasteiger partial charge in [0.25, 0.3) is 0 Å². The topological polar surface area (TPSA) is 48.9 Å². The fourth-order valence-electron chi connectivity index (χ4n) is 3.10. The van der Waals surface area contributed by atoms with Gasteiger partial charge < -0.3 is 10.1 Å². The maximum absolute atomic E-state index is 5.57. The van der Waals surface area contributed by atoms with Crippen LogP contribution >= 0.6 is 12.2 Å². The summed E-state index contributed by atoms with van der Waals surface area (Å²) >= 11 is 5.27. The Labute approximate surface area is 149 Å². The predicted molar refractivity (Wildman–Crippen MR) is 101 cm³/mol. The quantitative estimate of drug-likeness (QED) is 0.633. The molecule has 6 heteroatoms. The summed E-state index contributed by atoms with van der Waals surface area (Å²) in [6.07, 6.45) is 4.54. The standard InChI is InChI=1S/C18H26N4OS/c24-18(19-13-17-7-4-12-23-17)21-20-16-8-10-22(11-9-16)14-15-5-2-1-3-6-15/h1-3,5-6,17H,4,7-14H2,(H2,19,21,24)/t17-/m0/s1. The van der Waals surface area contributed by atoms with Crippen LogP contribution in [0.4, 0.5) is 0 Å². The van der Waals surface area contributed by atoms with Crippen LogP contribution in [0.2, 0.25) is 0 Å². The van der Waals surface area contributed by atoms with Gasteiger partial charge in [0, 0.05) is 51.3 Å². The van der Waals surface area contributed by atoms with Crippen LogP contribution in [0.25, 0.3) is 0 Å². The van der Waals surface area contributed by atoms with Gasteiger partial charge in [-0.1, -0.05) is 30.3 Å². The monoisotopic (exact) mass is 346 g/mol. The number of hydrazone groups is 1. The molecule has 1 atom stereocenters. The second-order valence-electron chi connectivity index (χ2n) is 6.40. The first-order valence-corrected chi connectivity index (χ1v) is 9.17. The molecule has 0 aliphatic carbocycles. The van der Waals surface area contributed by atoms with E-state index in [1.165, 1.54) is 11.3 Å². The van der Waals surface area contributed by atoms with Crippen molar-refractivity contribution in [1.29, 1.82) is 0 Å². The summed E-state index contributed by atoms with van der Waals surface area (Å²) in [5, 5.41) is 8.24. The number of hydrogen-bond acceptors (Lipinski definition) is 4. The zero-order valence-corrected chi connectivity index (χ0v) is 14.9. The Hall–Kier alpha value is -1.50. The van der Waals surface area contributed by atoms with Crippen LogP contribution in [0, 0.1) is 0 Å². The number of nitrogens with zero attached hydrogens (tertiary/aromatic N) is 2. The first-order chi connectivity index (χ1) is 11.8. The SMILES string of the molecule is S=C(NC[C@@H]1CCCO1)NN=C1CCN(Cc2ccccc2)CC1. The lowest BCUT2D eigenvalue weighted by Gasteiger charge is -2.27. The van der Waals surface area contributed by atoms with Crippen molar-refractivity contribution in [2.24, 2.45) is 5.10 Å². The number of benzene rings is 1. The molecule has 0 radical (unpaired) electrons. The van der Waals surface area contributed by atoms with Crippen molar-refractivity contribution in [2.45, 2.75) is 38.3 Å². The Morgan fingerprint density at radius 2 is 2.04 bits per heavy atom. The summed E-state index contributed by atoms with van der Waals surface area (Å²) in [6, 6.07) is 10.6. The molecule has 0 aromatic heterocycles. The van der Waals surface area contributed by atoms with Crippen LogP contribution < -0.4 is 10.7 Å². The summed E-state index contributed by atoms with van der Waals surface area (Å²) in [5.74, 6) is 0. The molecule has 0 spiro atoms. The number of hydrogen-bond donors (Lipinski definition) is 2. The van der Waals surface area contributed by atoms with Gasteiger partial charge in [-0.15, -0.1) is 0 Å². The third-order valence-corrected chi connectivity index (χ3v) is 4.75. The van der Waals surface area contributed by atoms with E-state index in [1.54, 1.807) is 0 Å². The van der Waals surface area contributed by atoms with Crippen LogP contribution in [0.3, 0.4) is 0 Å². The second kappa shape index (κ2) is 9.11. The highest BCUT2D eigenvalue weighted by molar-refractivity contribution is 7.80. The van der Waals surface area contributed by atoms with E-state index in [1.807, 2.05) is 0 Å². The lowest BCUT2D eigenvalue weighted by Crippen LogP contribution is -2.39. The van der Waals surface area contributed by atoms with Gasteiger partial charge >= 0.3 is 0 Å². The number of likely N-dealkylation sites (tertiary alicyclic amines) is 1. The van der Waals surface area contributed by atoms with Crippen LogP contribution in [0.5, 0.6) is 0 Å². The lowest BCUT2D eigenvalue weighted by atomic mass is 10.1. The fourth-order valence-corrected chi connectivity index (χ4v) is 3.23. The molecule has 2 aliphatic heterocycles. The van der Waals surface area contributed by atoms with E-state index in [0.29, 0.717) is 11.2 Å². The van der Waals surface area contributed by atoms with Gasteiger partial charge in [-0.25, -0.2) is 0 Å². The summed E-state index contributed by atoms with van der Waals surface area (Å²) in [6.45, 7) is 4.75. The minimum atomic E-state index is 0.290. The van der Waals surface area contributed by atoms with E-state index < -0.39 is 0 Å². The number of rotatable bonds is 5. The Kier molecular flexibility index (Phi) is 6.57. The molecule has 2 saturated heterocycles.